The molecule has 6 heteroatoms. The lowest BCUT2D eigenvalue weighted by atomic mass is 10.1. The Bertz CT molecular complexity index is 1170. The molecule has 1 heterocycles. The Morgan fingerprint density at radius 1 is 0.714 bits per heavy atom. The van der Waals surface area contributed by atoms with E-state index in [1.807, 2.05) is 24.5 Å². The van der Waals surface area contributed by atoms with E-state index in [0.29, 0.717) is 18.2 Å². The molecule has 0 fully saturated rings. The summed E-state index contributed by atoms with van der Waals surface area (Å²) in [6.45, 7) is 4.92. The number of rotatable bonds is 21. The molecular weight excluding hydrogens is 527 g/mol. The number of hydrogen-bond donors (Lipinski definition) is 0. The predicted octanol–water partition coefficient (Wildman–Crippen LogP) is 10.3. The number of carbonyl (C=O) groups excluding carboxylic acids is 1. The first-order chi connectivity index (χ1) is 20.6. The number of benzene rings is 2. The van der Waals surface area contributed by atoms with Crippen molar-refractivity contribution in [1.82, 2.24) is 9.97 Å². The minimum atomic E-state index is -0.623. The van der Waals surface area contributed by atoms with E-state index in [1.165, 1.54) is 95.2 Å². The van der Waals surface area contributed by atoms with E-state index in [1.54, 1.807) is 12.1 Å². The Balaban J connectivity index is 1.39. The molecule has 0 atom stereocenters. The SMILES string of the molecule is CCCCCCCCCCc1cnc(-c2ccc(OC(=O)c3ccc(OCCCCCCCCC)c(F)c3)cc2)nc1. The van der Waals surface area contributed by atoms with Gasteiger partial charge in [-0.25, -0.2) is 19.2 Å². The van der Waals surface area contributed by atoms with Crippen LogP contribution in [-0.4, -0.2) is 22.5 Å². The summed E-state index contributed by atoms with van der Waals surface area (Å²) in [5.41, 5.74) is 2.12. The van der Waals surface area contributed by atoms with Crippen LogP contribution in [0.5, 0.6) is 11.5 Å². The second-order valence-corrected chi connectivity index (χ2v) is 11.2. The number of aromatic nitrogens is 2. The van der Waals surface area contributed by atoms with Gasteiger partial charge in [0, 0.05) is 18.0 Å². The van der Waals surface area contributed by atoms with Crippen molar-refractivity contribution in [3.05, 3.63) is 71.8 Å². The topological polar surface area (TPSA) is 61.3 Å². The predicted molar refractivity (Wildman–Crippen MR) is 169 cm³/mol. The van der Waals surface area contributed by atoms with Gasteiger partial charge in [-0.3, -0.25) is 0 Å². The first-order valence-electron chi connectivity index (χ1n) is 16.2. The summed E-state index contributed by atoms with van der Waals surface area (Å²) in [4.78, 5) is 21.7. The van der Waals surface area contributed by atoms with Crippen LogP contribution in [0.15, 0.2) is 54.9 Å². The fraction of sp³-hybridized carbons (Fsp3) is 0.528. The van der Waals surface area contributed by atoms with Crippen molar-refractivity contribution in [2.24, 2.45) is 0 Å². The van der Waals surface area contributed by atoms with Gasteiger partial charge in [-0.15, -0.1) is 0 Å². The third-order valence-electron chi connectivity index (χ3n) is 7.52. The highest BCUT2D eigenvalue weighted by molar-refractivity contribution is 5.91. The quantitative estimate of drug-likeness (QED) is 0.0717. The number of nitrogens with zero attached hydrogens (tertiary/aromatic N) is 2. The lowest BCUT2D eigenvalue weighted by Gasteiger charge is -2.09. The second kappa shape index (κ2) is 19.8. The molecule has 228 valence electrons. The second-order valence-electron chi connectivity index (χ2n) is 11.2. The molecule has 0 radical (unpaired) electrons. The molecule has 3 aromatic rings. The molecule has 3 rings (SSSR count). The highest BCUT2D eigenvalue weighted by atomic mass is 19.1. The number of unbranched alkanes of at least 4 members (excludes halogenated alkanes) is 13. The van der Waals surface area contributed by atoms with Gasteiger partial charge in [0.1, 0.15) is 5.75 Å². The summed E-state index contributed by atoms with van der Waals surface area (Å²) in [5.74, 6) is -0.0326. The normalized spacial score (nSPS) is 11.0. The first-order valence-corrected chi connectivity index (χ1v) is 16.2. The fourth-order valence-electron chi connectivity index (χ4n) is 4.92. The van der Waals surface area contributed by atoms with Gasteiger partial charge in [0.05, 0.1) is 12.2 Å². The van der Waals surface area contributed by atoms with E-state index < -0.39 is 11.8 Å². The molecule has 0 unspecified atom stereocenters. The zero-order chi connectivity index (χ0) is 29.8. The maximum absolute atomic E-state index is 14.5. The fourth-order valence-corrected chi connectivity index (χ4v) is 4.92. The van der Waals surface area contributed by atoms with Gasteiger partial charge in [0.2, 0.25) is 0 Å². The summed E-state index contributed by atoms with van der Waals surface area (Å²) >= 11 is 0. The van der Waals surface area contributed by atoms with Crippen LogP contribution in [0.4, 0.5) is 4.39 Å². The minimum Gasteiger partial charge on any atom is -0.491 e. The van der Waals surface area contributed by atoms with Crippen molar-refractivity contribution in [1.29, 1.82) is 0 Å². The van der Waals surface area contributed by atoms with E-state index in [0.717, 1.165) is 36.8 Å². The molecule has 0 saturated heterocycles. The van der Waals surface area contributed by atoms with Gasteiger partial charge >= 0.3 is 5.97 Å². The number of halogens is 1. The summed E-state index contributed by atoms with van der Waals surface area (Å²) < 4.78 is 25.6. The minimum absolute atomic E-state index is 0.135. The highest BCUT2D eigenvalue weighted by Gasteiger charge is 2.13. The van der Waals surface area contributed by atoms with Gasteiger partial charge in [-0.05, 0) is 67.3 Å². The number of carbonyl (C=O) groups is 1. The van der Waals surface area contributed by atoms with Gasteiger partial charge < -0.3 is 9.47 Å². The summed E-state index contributed by atoms with van der Waals surface area (Å²) in [5, 5.41) is 0. The lowest BCUT2D eigenvalue weighted by molar-refractivity contribution is 0.0734. The van der Waals surface area contributed by atoms with E-state index in [4.69, 9.17) is 9.47 Å². The molecule has 0 saturated carbocycles. The molecule has 0 spiro atoms. The Hall–Kier alpha value is -3.28. The standard InChI is InChI=1S/C36H49FN2O3/c1-3-5-7-9-11-12-14-16-18-29-27-38-35(39-28-29)30-19-22-32(23-20-30)42-36(40)31-21-24-34(33(37)26-31)41-25-17-15-13-10-8-6-4-2/h19-24,26-28H,3-18,25H2,1-2H3. The van der Waals surface area contributed by atoms with Crippen molar-refractivity contribution in [3.8, 4) is 22.9 Å². The molecule has 0 N–H and O–H groups in total. The zero-order valence-corrected chi connectivity index (χ0v) is 25.7. The molecule has 1 aromatic heterocycles. The molecule has 5 nitrogen and oxygen atoms in total. The Morgan fingerprint density at radius 2 is 1.29 bits per heavy atom. The largest absolute Gasteiger partial charge is 0.491 e. The Kier molecular flexibility index (Phi) is 15.6. The average molecular weight is 577 g/mol. The zero-order valence-electron chi connectivity index (χ0n) is 25.7. The van der Waals surface area contributed by atoms with Gasteiger partial charge in [0.15, 0.2) is 17.4 Å². The third kappa shape index (κ3) is 12.3. The molecule has 2 aromatic carbocycles. The smallest absolute Gasteiger partial charge is 0.343 e. The maximum Gasteiger partial charge on any atom is 0.343 e. The van der Waals surface area contributed by atoms with Crippen molar-refractivity contribution in [2.45, 2.75) is 117 Å². The third-order valence-corrected chi connectivity index (χ3v) is 7.52. The number of aryl methyl sites for hydroxylation is 1. The van der Waals surface area contributed by atoms with Crippen molar-refractivity contribution in [3.63, 3.8) is 0 Å². The van der Waals surface area contributed by atoms with E-state index in [-0.39, 0.29) is 11.3 Å². The van der Waals surface area contributed by atoms with Crippen molar-refractivity contribution in [2.75, 3.05) is 6.61 Å². The van der Waals surface area contributed by atoms with E-state index in [2.05, 4.69) is 23.8 Å². The maximum atomic E-state index is 14.5. The summed E-state index contributed by atoms with van der Waals surface area (Å²) in [7, 11) is 0. The van der Waals surface area contributed by atoms with Crippen LogP contribution in [0.2, 0.25) is 0 Å². The number of hydrogen-bond acceptors (Lipinski definition) is 5. The van der Waals surface area contributed by atoms with Crippen LogP contribution in [-0.2, 0) is 6.42 Å². The van der Waals surface area contributed by atoms with Crippen molar-refractivity contribution >= 4 is 5.97 Å². The van der Waals surface area contributed by atoms with Crippen LogP contribution < -0.4 is 9.47 Å². The van der Waals surface area contributed by atoms with E-state index >= 15 is 0 Å². The van der Waals surface area contributed by atoms with Gasteiger partial charge in [-0.2, -0.15) is 0 Å². The molecular formula is C36H49FN2O3. The highest BCUT2D eigenvalue weighted by Crippen LogP contribution is 2.23. The summed E-state index contributed by atoms with van der Waals surface area (Å²) in [6.07, 6.45) is 23.4. The average Bonchev–Trinajstić information content (AvgIpc) is 3.01. The Labute approximate surface area is 252 Å². The van der Waals surface area contributed by atoms with Crippen LogP contribution in [0.25, 0.3) is 11.4 Å². The number of ether oxygens (including phenoxy) is 2. The van der Waals surface area contributed by atoms with Gasteiger partial charge in [-0.1, -0.05) is 97.3 Å². The molecule has 0 aliphatic heterocycles. The molecule has 0 bridgehead atoms. The van der Waals surface area contributed by atoms with Crippen LogP contribution in [0, 0.1) is 5.82 Å². The molecule has 0 aliphatic carbocycles. The first kappa shape index (κ1) is 33.2. The summed E-state index contributed by atoms with van der Waals surface area (Å²) in [6, 6.07) is 11.2. The van der Waals surface area contributed by atoms with Crippen LogP contribution in [0.1, 0.15) is 126 Å². The van der Waals surface area contributed by atoms with Crippen LogP contribution in [0.3, 0.4) is 0 Å². The molecule has 42 heavy (non-hydrogen) atoms. The molecule has 0 aliphatic rings. The Morgan fingerprint density at radius 3 is 1.88 bits per heavy atom. The number of esters is 1. The monoisotopic (exact) mass is 576 g/mol. The molecule has 0 amide bonds. The lowest BCUT2D eigenvalue weighted by Crippen LogP contribution is -2.09. The van der Waals surface area contributed by atoms with Crippen LogP contribution >= 0.6 is 0 Å². The van der Waals surface area contributed by atoms with Crippen molar-refractivity contribution < 1.29 is 18.7 Å². The van der Waals surface area contributed by atoms with Gasteiger partial charge in [0.25, 0.3) is 0 Å². The van der Waals surface area contributed by atoms with E-state index in [9.17, 15) is 9.18 Å².